The molecule has 2 rings (SSSR count). The number of aliphatic carboxylic acids is 1. The van der Waals surface area contributed by atoms with Crippen molar-refractivity contribution in [2.24, 2.45) is 5.73 Å². The van der Waals surface area contributed by atoms with Gasteiger partial charge in [0.15, 0.2) is 0 Å². The SMILES string of the molecule is CN1C(=O)CN(CCC(=O)O)C(=O)c2cc(NCCCCC(=N)N)ccc21. The number of nitrogens with zero attached hydrogens (tertiary/aromatic N) is 2. The van der Waals surface area contributed by atoms with Crippen LogP contribution in [0.1, 0.15) is 36.0 Å². The Balaban J connectivity index is 2.13. The van der Waals surface area contributed by atoms with E-state index in [-0.39, 0.29) is 37.2 Å². The number of fused-ring (bicyclic) bond motifs is 1. The number of likely N-dealkylation sites (N-methyl/N-ethyl adjacent to an activating group) is 1. The Kier molecular flexibility index (Phi) is 6.75. The maximum atomic E-state index is 12.8. The molecule has 1 heterocycles. The van der Waals surface area contributed by atoms with Gasteiger partial charge in [-0.2, -0.15) is 0 Å². The Bertz CT molecular complexity index is 749. The number of benzene rings is 1. The summed E-state index contributed by atoms with van der Waals surface area (Å²) in [5.74, 6) is -1.48. The van der Waals surface area contributed by atoms with Crippen LogP contribution >= 0.6 is 0 Å². The van der Waals surface area contributed by atoms with Crippen molar-refractivity contribution >= 4 is 35.0 Å². The number of rotatable bonds is 9. The van der Waals surface area contributed by atoms with E-state index in [2.05, 4.69) is 5.32 Å². The fourth-order valence-corrected chi connectivity index (χ4v) is 2.84. The standard InChI is InChI=1S/C18H25N5O4/c1-22-14-6-5-12(21-8-3-2-4-15(19)20)10-13(14)18(27)23(11-16(22)24)9-7-17(25)26/h5-6,10,21H,2-4,7-9,11H2,1H3,(H3,19,20)(H,25,26). The Labute approximate surface area is 157 Å². The summed E-state index contributed by atoms with van der Waals surface area (Å²) in [4.78, 5) is 38.7. The molecule has 146 valence electrons. The van der Waals surface area contributed by atoms with Crippen molar-refractivity contribution in [1.82, 2.24) is 4.90 Å². The predicted molar refractivity (Wildman–Crippen MR) is 102 cm³/mol. The number of carboxylic acid groups (broad SMARTS) is 1. The van der Waals surface area contributed by atoms with E-state index in [1.54, 1.807) is 25.2 Å². The zero-order valence-corrected chi connectivity index (χ0v) is 15.3. The molecule has 1 aromatic carbocycles. The molecule has 0 bridgehead atoms. The van der Waals surface area contributed by atoms with Crippen molar-refractivity contribution in [2.45, 2.75) is 25.7 Å². The fourth-order valence-electron chi connectivity index (χ4n) is 2.84. The van der Waals surface area contributed by atoms with Crippen molar-refractivity contribution in [2.75, 3.05) is 36.9 Å². The van der Waals surface area contributed by atoms with Crippen molar-refractivity contribution in [3.05, 3.63) is 23.8 Å². The normalized spacial score (nSPS) is 14.0. The Morgan fingerprint density at radius 2 is 2.04 bits per heavy atom. The molecule has 0 spiro atoms. The summed E-state index contributed by atoms with van der Waals surface area (Å²) in [5, 5.41) is 19.3. The van der Waals surface area contributed by atoms with Gasteiger partial charge in [0, 0.05) is 32.2 Å². The van der Waals surface area contributed by atoms with E-state index in [4.69, 9.17) is 16.2 Å². The van der Waals surface area contributed by atoms with Gasteiger partial charge in [0.05, 0.1) is 23.5 Å². The lowest BCUT2D eigenvalue weighted by Gasteiger charge is -2.19. The van der Waals surface area contributed by atoms with E-state index in [9.17, 15) is 14.4 Å². The highest BCUT2D eigenvalue weighted by Crippen LogP contribution is 2.28. The van der Waals surface area contributed by atoms with Crippen LogP contribution in [0.2, 0.25) is 0 Å². The summed E-state index contributed by atoms with van der Waals surface area (Å²) in [5.41, 5.74) is 6.93. The molecule has 0 aromatic heterocycles. The molecule has 0 atom stereocenters. The van der Waals surface area contributed by atoms with E-state index in [0.717, 1.165) is 18.5 Å². The van der Waals surface area contributed by atoms with Crippen LogP contribution in [-0.4, -0.2) is 60.3 Å². The molecule has 0 aliphatic carbocycles. The minimum Gasteiger partial charge on any atom is -0.481 e. The van der Waals surface area contributed by atoms with Crippen LogP contribution in [0.15, 0.2) is 18.2 Å². The largest absolute Gasteiger partial charge is 0.481 e. The van der Waals surface area contributed by atoms with E-state index in [1.165, 1.54) is 9.80 Å². The van der Waals surface area contributed by atoms with Crippen LogP contribution in [0.5, 0.6) is 0 Å². The number of carbonyl (C=O) groups excluding carboxylic acids is 2. The molecule has 0 fully saturated rings. The number of anilines is 2. The molecule has 0 saturated carbocycles. The molecule has 27 heavy (non-hydrogen) atoms. The third-order valence-corrected chi connectivity index (χ3v) is 4.37. The first-order valence-electron chi connectivity index (χ1n) is 8.78. The second-order valence-corrected chi connectivity index (χ2v) is 6.46. The third-order valence-electron chi connectivity index (χ3n) is 4.37. The van der Waals surface area contributed by atoms with Gasteiger partial charge in [-0.25, -0.2) is 0 Å². The Morgan fingerprint density at radius 3 is 2.70 bits per heavy atom. The predicted octanol–water partition coefficient (Wildman–Crippen LogP) is 1.10. The van der Waals surface area contributed by atoms with Crippen molar-refractivity contribution in [3.63, 3.8) is 0 Å². The smallest absolute Gasteiger partial charge is 0.305 e. The molecular formula is C18H25N5O4. The molecule has 1 aliphatic rings. The van der Waals surface area contributed by atoms with E-state index in [0.29, 0.717) is 24.2 Å². The molecule has 0 unspecified atom stereocenters. The minimum atomic E-state index is -1.02. The first-order chi connectivity index (χ1) is 12.8. The highest BCUT2D eigenvalue weighted by Gasteiger charge is 2.30. The van der Waals surface area contributed by atoms with Gasteiger partial charge < -0.3 is 26.0 Å². The lowest BCUT2D eigenvalue weighted by atomic mass is 10.1. The highest BCUT2D eigenvalue weighted by molar-refractivity contribution is 6.10. The van der Waals surface area contributed by atoms with E-state index in [1.807, 2.05) is 0 Å². The maximum Gasteiger partial charge on any atom is 0.305 e. The first-order valence-corrected chi connectivity index (χ1v) is 8.78. The molecule has 2 amide bonds. The molecule has 9 heteroatoms. The lowest BCUT2D eigenvalue weighted by Crippen LogP contribution is -2.38. The second-order valence-electron chi connectivity index (χ2n) is 6.46. The maximum absolute atomic E-state index is 12.8. The third kappa shape index (κ3) is 5.44. The summed E-state index contributed by atoms with van der Waals surface area (Å²) in [6.07, 6.45) is 1.96. The van der Waals surface area contributed by atoms with Crippen LogP contribution < -0.4 is 16.0 Å². The van der Waals surface area contributed by atoms with Gasteiger partial charge in [0.25, 0.3) is 5.91 Å². The topological polar surface area (TPSA) is 140 Å². The van der Waals surface area contributed by atoms with Gasteiger partial charge in [-0.15, -0.1) is 0 Å². The fraction of sp³-hybridized carbons (Fsp3) is 0.444. The Morgan fingerprint density at radius 1 is 1.30 bits per heavy atom. The van der Waals surface area contributed by atoms with Gasteiger partial charge in [-0.1, -0.05) is 0 Å². The molecule has 0 saturated heterocycles. The van der Waals surface area contributed by atoms with Crippen molar-refractivity contribution < 1.29 is 19.5 Å². The molecule has 1 aliphatic heterocycles. The van der Waals surface area contributed by atoms with E-state index >= 15 is 0 Å². The molecule has 9 nitrogen and oxygen atoms in total. The number of nitrogens with two attached hydrogens (primary N) is 1. The summed E-state index contributed by atoms with van der Waals surface area (Å²) in [6, 6.07) is 5.20. The van der Waals surface area contributed by atoms with Crippen LogP contribution in [0, 0.1) is 5.41 Å². The quantitative estimate of drug-likeness (QED) is 0.289. The van der Waals surface area contributed by atoms with Crippen LogP contribution in [0.3, 0.4) is 0 Å². The van der Waals surface area contributed by atoms with E-state index < -0.39 is 5.97 Å². The minimum absolute atomic E-state index is 0.0180. The number of carbonyl (C=O) groups is 3. The van der Waals surface area contributed by atoms with Crippen LogP contribution in [-0.2, 0) is 9.59 Å². The van der Waals surface area contributed by atoms with Crippen LogP contribution in [0.25, 0.3) is 0 Å². The molecule has 1 aromatic rings. The van der Waals surface area contributed by atoms with Crippen molar-refractivity contribution in [1.29, 1.82) is 5.41 Å². The number of amides is 2. The number of hydrogen-bond acceptors (Lipinski definition) is 5. The Hall–Kier alpha value is -3.10. The average Bonchev–Trinajstić information content (AvgIpc) is 2.70. The first kappa shape index (κ1) is 20.2. The number of hydrogen-bond donors (Lipinski definition) is 4. The summed E-state index contributed by atoms with van der Waals surface area (Å²) in [6.45, 7) is 0.499. The number of carboxylic acids is 1. The summed E-state index contributed by atoms with van der Waals surface area (Å²) < 4.78 is 0. The molecular weight excluding hydrogens is 350 g/mol. The summed E-state index contributed by atoms with van der Waals surface area (Å²) in [7, 11) is 1.60. The molecule has 0 radical (unpaired) electrons. The summed E-state index contributed by atoms with van der Waals surface area (Å²) >= 11 is 0. The van der Waals surface area contributed by atoms with Gasteiger partial charge in [0.2, 0.25) is 5.91 Å². The zero-order valence-electron chi connectivity index (χ0n) is 15.3. The monoisotopic (exact) mass is 375 g/mol. The number of amidine groups is 1. The lowest BCUT2D eigenvalue weighted by molar-refractivity contribution is -0.137. The van der Waals surface area contributed by atoms with Gasteiger partial charge >= 0.3 is 5.97 Å². The second kappa shape index (κ2) is 9.02. The number of nitrogens with one attached hydrogen (secondary N) is 2. The van der Waals surface area contributed by atoms with Gasteiger partial charge in [0.1, 0.15) is 6.54 Å². The highest BCUT2D eigenvalue weighted by atomic mass is 16.4. The van der Waals surface area contributed by atoms with Gasteiger partial charge in [-0.05, 0) is 31.0 Å². The van der Waals surface area contributed by atoms with Crippen LogP contribution in [0.4, 0.5) is 11.4 Å². The van der Waals surface area contributed by atoms with Crippen molar-refractivity contribution in [3.8, 4) is 0 Å². The zero-order chi connectivity index (χ0) is 20.0. The molecule has 5 N–H and O–H groups in total. The number of unbranched alkanes of at least 4 members (excludes halogenated alkanes) is 1. The average molecular weight is 375 g/mol. The van der Waals surface area contributed by atoms with Gasteiger partial charge in [-0.3, -0.25) is 19.8 Å².